The van der Waals surface area contributed by atoms with Crippen molar-refractivity contribution in [2.45, 2.75) is 19.4 Å². The molecule has 1 aliphatic rings. The van der Waals surface area contributed by atoms with Gasteiger partial charge in [-0.1, -0.05) is 31.3 Å². The van der Waals surface area contributed by atoms with Gasteiger partial charge in [0, 0.05) is 0 Å². The van der Waals surface area contributed by atoms with E-state index in [4.69, 9.17) is 12.2 Å². The van der Waals surface area contributed by atoms with Gasteiger partial charge in [-0.05, 0) is 18.6 Å². The molecule has 1 aromatic carbocycles. The summed E-state index contributed by atoms with van der Waals surface area (Å²) in [5, 5.41) is 1.86. The molecule has 0 radical (unpaired) electrons. The van der Waals surface area contributed by atoms with Crippen LogP contribution in [-0.4, -0.2) is 11.0 Å². The van der Waals surface area contributed by atoms with Gasteiger partial charge in [-0.25, -0.2) is 4.99 Å². The first-order chi connectivity index (χ1) is 6.31. The highest BCUT2D eigenvalue weighted by molar-refractivity contribution is 7.80. The minimum Gasteiger partial charge on any atom is -0.272 e. The Morgan fingerprint density at radius 1 is 1.31 bits per heavy atom. The lowest BCUT2D eigenvalue weighted by Gasteiger charge is -2.10. The summed E-state index contributed by atoms with van der Waals surface area (Å²) in [7, 11) is 0. The van der Waals surface area contributed by atoms with Gasteiger partial charge < -0.3 is 0 Å². The number of benzene rings is 1. The largest absolute Gasteiger partial charge is 0.272 e. The summed E-state index contributed by atoms with van der Waals surface area (Å²) in [5.74, 6) is 0. The Morgan fingerprint density at radius 2 is 2.00 bits per heavy atom. The topological polar surface area (TPSA) is 24.7 Å². The molecule has 2 rings (SSSR count). The summed E-state index contributed by atoms with van der Waals surface area (Å²) in [6.45, 7) is 2.07. The Kier molecular flexibility index (Phi) is 2.19. The summed E-state index contributed by atoms with van der Waals surface area (Å²) in [5.41, 5.74) is 0. The lowest BCUT2D eigenvalue weighted by atomic mass is 10.2. The minimum atomic E-state index is 0.102. The van der Waals surface area contributed by atoms with Crippen molar-refractivity contribution < 1.29 is 0 Å². The third-order valence-electron chi connectivity index (χ3n) is 2.08. The number of hydrogen-bond acceptors (Lipinski definition) is 2. The van der Waals surface area contributed by atoms with Gasteiger partial charge in [0.1, 0.15) is 11.0 Å². The van der Waals surface area contributed by atoms with Crippen LogP contribution in [-0.2, 0) is 0 Å². The molecule has 0 aliphatic carbocycles. The van der Waals surface area contributed by atoms with Gasteiger partial charge in [-0.2, -0.15) is 0 Å². The molecular weight excluding hydrogens is 180 g/mol. The minimum absolute atomic E-state index is 0.102. The van der Waals surface area contributed by atoms with E-state index in [9.17, 15) is 0 Å². The highest BCUT2D eigenvalue weighted by atomic mass is 32.1. The molecule has 0 fully saturated rings. The number of thiocarbonyl (C=S) groups is 1. The molecule has 1 aliphatic heterocycles. The molecule has 0 saturated carbocycles. The zero-order chi connectivity index (χ0) is 9.26. The first-order valence-corrected chi connectivity index (χ1v) is 4.77. The molecule has 0 spiro atoms. The number of fused-ring (bicyclic) bond motifs is 1. The third kappa shape index (κ3) is 1.52. The molecule has 2 nitrogen and oxygen atoms in total. The van der Waals surface area contributed by atoms with Crippen LogP contribution in [0.15, 0.2) is 34.3 Å². The second kappa shape index (κ2) is 3.34. The van der Waals surface area contributed by atoms with Gasteiger partial charge in [-0.15, -0.1) is 0 Å². The maximum atomic E-state index is 5.14. The summed E-state index contributed by atoms with van der Waals surface area (Å²) in [4.78, 5) is 9.56. The van der Waals surface area contributed by atoms with Crippen LogP contribution in [0.4, 0.5) is 0 Å². The van der Waals surface area contributed by atoms with E-state index < -0.39 is 0 Å². The van der Waals surface area contributed by atoms with Crippen LogP contribution in [0.5, 0.6) is 0 Å². The molecule has 13 heavy (non-hydrogen) atoms. The summed E-state index contributed by atoms with van der Waals surface area (Å²) in [6.07, 6.45) is 0.927. The predicted octanol–water partition coefficient (Wildman–Crippen LogP) is 1.05. The highest BCUT2D eigenvalue weighted by Crippen LogP contribution is 2.02. The van der Waals surface area contributed by atoms with Gasteiger partial charge in [0.2, 0.25) is 0 Å². The van der Waals surface area contributed by atoms with Crippen molar-refractivity contribution in [3.63, 3.8) is 0 Å². The molecule has 3 heteroatoms. The fourth-order valence-corrected chi connectivity index (χ4v) is 1.67. The van der Waals surface area contributed by atoms with Gasteiger partial charge in [0.05, 0.1) is 10.7 Å². The second-order valence-corrected chi connectivity index (χ2v) is 3.41. The molecule has 66 valence electrons. The SMILES string of the molecule is CCC1N=c2ccccc2=NC1=S. The van der Waals surface area contributed by atoms with Gasteiger partial charge in [0.15, 0.2) is 0 Å². The molecule has 1 unspecified atom stereocenters. The lowest BCUT2D eigenvalue weighted by molar-refractivity contribution is 0.782. The van der Waals surface area contributed by atoms with Gasteiger partial charge >= 0.3 is 0 Å². The molecule has 0 N–H and O–H groups in total. The number of hydrogen-bond donors (Lipinski definition) is 0. The van der Waals surface area contributed by atoms with Crippen molar-refractivity contribution in [3.8, 4) is 0 Å². The van der Waals surface area contributed by atoms with Gasteiger partial charge in [-0.3, -0.25) is 4.99 Å². The van der Waals surface area contributed by atoms with E-state index in [1.54, 1.807) is 0 Å². The summed E-state index contributed by atoms with van der Waals surface area (Å²) >= 11 is 5.14. The van der Waals surface area contributed by atoms with E-state index in [1.807, 2.05) is 24.3 Å². The predicted molar refractivity (Wildman–Crippen MR) is 55.4 cm³/mol. The standard InChI is InChI=1S/C10H10N2S/c1-2-7-10(13)12-9-6-4-3-5-8(9)11-7/h3-7H,2H2,1H3. The summed E-state index contributed by atoms with van der Waals surface area (Å²) in [6, 6.07) is 7.94. The van der Waals surface area contributed by atoms with E-state index in [0.29, 0.717) is 4.99 Å². The fraction of sp³-hybridized carbons (Fsp3) is 0.300. The van der Waals surface area contributed by atoms with Crippen molar-refractivity contribution >= 4 is 17.2 Å². The van der Waals surface area contributed by atoms with Crippen molar-refractivity contribution in [2.24, 2.45) is 9.98 Å². The lowest BCUT2D eigenvalue weighted by Crippen LogP contribution is -2.35. The van der Waals surface area contributed by atoms with Crippen LogP contribution in [0.25, 0.3) is 0 Å². The fourth-order valence-electron chi connectivity index (χ4n) is 1.35. The highest BCUT2D eigenvalue weighted by Gasteiger charge is 2.12. The molecule has 1 atom stereocenters. The van der Waals surface area contributed by atoms with E-state index in [1.165, 1.54) is 0 Å². The quantitative estimate of drug-likeness (QED) is 0.607. The van der Waals surface area contributed by atoms with Crippen LogP contribution < -0.4 is 10.7 Å². The second-order valence-electron chi connectivity index (χ2n) is 2.99. The van der Waals surface area contributed by atoms with Crippen molar-refractivity contribution in [1.82, 2.24) is 0 Å². The normalized spacial score (nSPS) is 20.1. The van der Waals surface area contributed by atoms with Crippen LogP contribution in [0.3, 0.4) is 0 Å². The molecule has 1 aromatic rings. The maximum Gasteiger partial charge on any atom is 0.128 e. The molecule has 0 bridgehead atoms. The number of rotatable bonds is 1. The smallest absolute Gasteiger partial charge is 0.128 e. The molecule has 0 aromatic heterocycles. The first kappa shape index (κ1) is 8.51. The monoisotopic (exact) mass is 190 g/mol. The van der Waals surface area contributed by atoms with E-state index in [0.717, 1.165) is 17.1 Å². The van der Waals surface area contributed by atoms with Crippen molar-refractivity contribution in [1.29, 1.82) is 0 Å². The molecule has 1 heterocycles. The van der Waals surface area contributed by atoms with Crippen molar-refractivity contribution in [3.05, 3.63) is 35.0 Å². The van der Waals surface area contributed by atoms with E-state index >= 15 is 0 Å². The van der Waals surface area contributed by atoms with Crippen LogP contribution >= 0.6 is 12.2 Å². The molecular formula is C10H10N2S. The van der Waals surface area contributed by atoms with Crippen LogP contribution in [0, 0.1) is 0 Å². The first-order valence-electron chi connectivity index (χ1n) is 4.36. The molecule has 0 amide bonds. The average molecular weight is 190 g/mol. The number of nitrogens with zero attached hydrogens (tertiary/aromatic N) is 2. The van der Waals surface area contributed by atoms with E-state index in [-0.39, 0.29) is 6.04 Å². The Bertz CT molecular complexity index is 450. The van der Waals surface area contributed by atoms with E-state index in [2.05, 4.69) is 16.9 Å². The van der Waals surface area contributed by atoms with Crippen LogP contribution in [0.2, 0.25) is 0 Å². The Balaban J connectivity index is 2.66. The van der Waals surface area contributed by atoms with Crippen molar-refractivity contribution in [2.75, 3.05) is 0 Å². The summed E-state index contributed by atoms with van der Waals surface area (Å²) < 4.78 is 0. The average Bonchev–Trinajstić information content (AvgIpc) is 2.17. The molecule has 0 saturated heterocycles. The zero-order valence-corrected chi connectivity index (χ0v) is 8.21. The van der Waals surface area contributed by atoms with Gasteiger partial charge in [0.25, 0.3) is 0 Å². The maximum absolute atomic E-state index is 5.14. The zero-order valence-electron chi connectivity index (χ0n) is 7.40. The third-order valence-corrected chi connectivity index (χ3v) is 2.44. The Morgan fingerprint density at radius 3 is 2.69 bits per heavy atom. The Hall–Kier alpha value is -1.09. The van der Waals surface area contributed by atoms with Crippen LogP contribution in [0.1, 0.15) is 13.3 Å². The number of para-hydroxylation sites is 2. The Labute approximate surface area is 82.0 Å².